The summed E-state index contributed by atoms with van der Waals surface area (Å²) < 4.78 is 80.3. The second-order valence-electron chi connectivity index (χ2n) is 10.4. The van der Waals surface area contributed by atoms with Crippen LogP contribution in [0.15, 0.2) is 40.9 Å². The number of rotatable bonds is 6. The van der Waals surface area contributed by atoms with E-state index in [9.17, 15) is 31.1 Å². The fraction of sp³-hybridized carbons (Fsp3) is 0.519. The fourth-order valence-electron chi connectivity index (χ4n) is 5.73. The van der Waals surface area contributed by atoms with Crippen LogP contribution in [0.5, 0.6) is 0 Å². The van der Waals surface area contributed by atoms with Gasteiger partial charge >= 0.3 is 12.4 Å². The fourth-order valence-corrected chi connectivity index (χ4v) is 6.14. The van der Waals surface area contributed by atoms with E-state index < -0.39 is 35.4 Å². The van der Waals surface area contributed by atoms with Crippen LogP contribution in [0.1, 0.15) is 73.4 Å². The summed E-state index contributed by atoms with van der Waals surface area (Å²) in [6.07, 6.45) is -6.04. The van der Waals surface area contributed by atoms with E-state index in [0.29, 0.717) is 25.0 Å². The SMILES string of the molecule is CC(C)[C@]1(C(=O)NCc2cc(C(F)(F)F)cc(C(F)(F)F)c2)CC[C@@H](N[C@H]2CCc3cc(Br)ccc32)C1. The standard InChI is InChI=1S/C27H29BrF6N2O/c1-15(2)25(8-7-21(13-25)36-23-6-3-17-11-20(28)4-5-22(17)23)24(37)35-14-16-9-18(26(29,30)31)12-19(10-16)27(32,33)34/h4-5,9-12,15,21,23,36H,3,6-8,13-14H2,1-2H3,(H,35,37)/t21-,23+,25+/m1/s1. The van der Waals surface area contributed by atoms with Crippen molar-refractivity contribution in [1.82, 2.24) is 10.6 Å². The second kappa shape index (κ2) is 10.2. The van der Waals surface area contributed by atoms with E-state index >= 15 is 0 Å². The molecule has 2 aliphatic rings. The highest BCUT2D eigenvalue weighted by atomic mass is 79.9. The van der Waals surface area contributed by atoms with Crippen molar-refractivity contribution in [2.45, 2.75) is 76.9 Å². The molecule has 0 aliphatic heterocycles. The molecule has 2 aromatic rings. The molecule has 202 valence electrons. The molecular formula is C27H29BrF6N2O. The number of fused-ring (bicyclic) bond motifs is 1. The molecule has 2 N–H and O–H groups in total. The number of alkyl halides is 6. The molecule has 0 heterocycles. The van der Waals surface area contributed by atoms with Crippen molar-refractivity contribution in [2.24, 2.45) is 11.3 Å². The first-order valence-corrected chi connectivity index (χ1v) is 13.1. The maximum atomic E-state index is 13.4. The lowest BCUT2D eigenvalue weighted by atomic mass is 9.74. The van der Waals surface area contributed by atoms with Crippen LogP contribution in [-0.4, -0.2) is 11.9 Å². The first-order valence-electron chi connectivity index (χ1n) is 12.3. The highest BCUT2D eigenvalue weighted by molar-refractivity contribution is 9.10. The van der Waals surface area contributed by atoms with Gasteiger partial charge in [0, 0.05) is 23.1 Å². The van der Waals surface area contributed by atoms with Crippen molar-refractivity contribution in [3.05, 3.63) is 68.7 Å². The molecule has 0 spiro atoms. The summed E-state index contributed by atoms with van der Waals surface area (Å²) in [5.74, 6) is -0.396. The Hall–Kier alpha value is -2.07. The Morgan fingerprint density at radius 1 is 1.03 bits per heavy atom. The summed E-state index contributed by atoms with van der Waals surface area (Å²) in [6, 6.07) is 7.91. The Bertz CT molecular complexity index is 1130. The van der Waals surface area contributed by atoms with Crippen molar-refractivity contribution >= 4 is 21.8 Å². The van der Waals surface area contributed by atoms with E-state index in [4.69, 9.17) is 0 Å². The molecule has 0 radical (unpaired) electrons. The summed E-state index contributed by atoms with van der Waals surface area (Å²) in [5, 5.41) is 6.34. The zero-order valence-corrected chi connectivity index (χ0v) is 22.1. The van der Waals surface area contributed by atoms with Crippen LogP contribution in [0.3, 0.4) is 0 Å². The molecular weight excluding hydrogens is 562 g/mol. The number of carbonyl (C=O) groups excluding carboxylic acids is 1. The summed E-state index contributed by atoms with van der Waals surface area (Å²) in [4.78, 5) is 13.4. The van der Waals surface area contributed by atoms with Crippen molar-refractivity contribution in [3.8, 4) is 0 Å². The van der Waals surface area contributed by atoms with Crippen LogP contribution in [0.4, 0.5) is 26.3 Å². The average Bonchev–Trinajstić information content (AvgIpc) is 3.41. The minimum Gasteiger partial charge on any atom is -0.352 e. The lowest BCUT2D eigenvalue weighted by Crippen LogP contribution is -2.44. The largest absolute Gasteiger partial charge is 0.416 e. The molecule has 1 amide bonds. The van der Waals surface area contributed by atoms with Gasteiger partial charge in [0.15, 0.2) is 0 Å². The highest BCUT2D eigenvalue weighted by Crippen LogP contribution is 2.46. The van der Waals surface area contributed by atoms with E-state index in [1.54, 1.807) is 0 Å². The van der Waals surface area contributed by atoms with Gasteiger partial charge in [0.25, 0.3) is 0 Å². The lowest BCUT2D eigenvalue weighted by molar-refractivity contribution is -0.143. The number of carbonyl (C=O) groups is 1. The van der Waals surface area contributed by atoms with E-state index in [1.165, 1.54) is 11.1 Å². The molecule has 4 rings (SSSR count). The van der Waals surface area contributed by atoms with Gasteiger partial charge in [-0.3, -0.25) is 4.79 Å². The van der Waals surface area contributed by atoms with Crippen LogP contribution in [0.2, 0.25) is 0 Å². The van der Waals surface area contributed by atoms with Gasteiger partial charge in [0.2, 0.25) is 5.91 Å². The molecule has 0 aromatic heterocycles. The lowest BCUT2D eigenvalue weighted by Gasteiger charge is -2.33. The molecule has 3 atom stereocenters. The third kappa shape index (κ3) is 6.00. The maximum absolute atomic E-state index is 13.4. The highest BCUT2D eigenvalue weighted by Gasteiger charge is 2.48. The Labute approximate surface area is 220 Å². The molecule has 1 fully saturated rings. The van der Waals surface area contributed by atoms with Gasteiger partial charge in [-0.2, -0.15) is 26.3 Å². The number of hydrogen-bond donors (Lipinski definition) is 2. The molecule has 0 unspecified atom stereocenters. The van der Waals surface area contributed by atoms with Crippen LogP contribution < -0.4 is 10.6 Å². The molecule has 0 bridgehead atoms. The van der Waals surface area contributed by atoms with Crippen LogP contribution in [0.25, 0.3) is 0 Å². The molecule has 37 heavy (non-hydrogen) atoms. The molecule has 10 heteroatoms. The van der Waals surface area contributed by atoms with Crippen LogP contribution in [0, 0.1) is 11.3 Å². The van der Waals surface area contributed by atoms with Crippen molar-refractivity contribution < 1.29 is 31.1 Å². The number of halogens is 7. The summed E-state index contributed by atoms with van der Waals surface area (Å²) >= 11 is 3.50. The average molecular weight is 591 g/mol. The van der Waals surface area contributed by atoms with Crippen molar-refractivity contribution in [3.63, 3.8) is 0 Å². The first-order chi connectivity index (χ1) is 17.2. The van der Waals surface area contributed by atoms with E-state index in [0.717, 1.165) is 23.7 Å². The molecule has 1 saturated carbocycles. The normalized spacial score (nSPS) is 23.9. The van der Waals surface area contributed by atoms with Gasteiger partial charge < -0.3 is 10.6 Å². The number of amides is 1. The number of benzene rings is 2. The number of aryl methyl sites for hydroxylation is 1. The third-order valence-corrected chi connectivity index (χ3v) is 8.32. The summed E-state index contributed by atoms with van der Waals surface area (Å²) in [7, 11) is 0. The first kappa shape index (κ1) is 28.0. The Morgan fingerprint density at radius 3 is 2.27 bits per heavy atom. The van der Waals surface area contributed by atoms with E-state index in [2.05, 4.69) is 38.7 Å². The number of hydrogen-bond acceptors (Lipinski definition) is 2. The van der Waals surface area contributed by atoms with Gasteiger partial charge in [0.1, 0.15) is 0 Å². The van der Waals surface area contributed by atoms with Gasteiger partial charge in [-0.15, -0.1) is 0 Å². The second-order valence-corrected chi connectivity index (χ2v) is 11.4. The van der Waals surface area contributed by atoms with Crippen molar-refractivity contribution in [2.75, 3.05) is 0 Å². The van der Waals surface area contributed by atoms with E-state index in [1.807, 2.05) is 19.9 Å². The van der Waals surface area contributed by atoms with Gasteiger partial charge in [-0.05, 0) is 85.0 Å². The smallest absolute Gasteiger partial charge is 0.352 e. The topological polar surface area (TPSA) is 41.1 Å². The van der Waals surface area contributed by atoms with E-state index in [-0.39, 0.29) is 35.5 Å². The predicted octanol–water partition coefficient (Wildman–Crippen LogP) is 7.57. The predicted molar refractivity (Wildman–Crippen MR) is 132 cm³/mol. The molecule has 2 aromatic carbocycles. The zero-order chi connectivity index (χ0) is 27.2. The Morgan fingerprint density at radius 2 is 1.68 bits per heavy atom. The monoisotopic (exact) mass is 590 g/mol. The molecule has 3 nitrogen and oxygen atoms in total. The summed E-state index contributed by atoms with van der Waals surface area (Å²) in [6.45, 7) is 3.44. The van der Waals surface area contributed by atoms with Crippen LogP contribution in [-0.2, 0) is 30.1 Å². The van der Waals surface area contributed by atoms with Crippen LogP contribution >= 0.6 is 15.9 Å². The van der Waals surface area contributed by atoms with Gasteiger partial charge in [-0.1, -0.05) is 35.8 Å². The maximum Gasteiger partial charge on any atom is 0.416 e. The Kier molecular flexibility index (Phi) is 7.74. The van der Waals surface area contributed by atoms with Crippen molar-refractivity contribution in [1.29, 1.82) is 0 Å². The molecule has 2 aliphatic carbocycles. The number of nitrogens with one attached hydrogen (secondary N) is 2. The minimum atomic E-state index is -4.93. The summed E-state index contributed by atoms with van der Waals surface area (Å²) in [5.41, 5.74) is -1.24. The molecule has 0 saturated heterocycles. The van der Waals surface area contributed by atoms with Gasteiger partial charge in [-0.25, -0.2) is 0 Å². The minimum absolute atomic E-state index is 0.0571. The third-order valence-electron chi connectivity index (χ3n) is 7.83. The Balaban J connectivity index is 1.46. The van der Waals surface area contributed by atoms with Gasteiger partial charge in [0.05, 0.1) is 16.5 Å². The zero-order valence-electron chi connectivity index (χ0n) is 20.5. The quantitative estimate of drug-likeness (QED) is 0.341.